The maximum absolute atomic E-state index is 12.3. The first-order chi connectivity index (χ1) is 14.4. The molecule has 9 nitrogen and oxygen atoms in total. The Morgan fingerprint density at radius 1 is 1.13 bits per heavy atom. The molecule has 30 heavy (non-hydrogen) atoms. The predicted molar refractivity (Wildman–Crippen MR) is 109 cm³/mol. The van der Waals surface area contributed by atoms with Gasteiger partial charge in [-0.3, -0.25) is 19.5 Å². The Kier molecular flexibility index (Phi) is 4.86. The Morgan fingerprint density at radius 3 is 2.70 bits per heavy atom. The molecule has 0 radical (unpaired) electrons. The third-order valence-electron chi connectivity index (χ3n) is 5.13. The van der Waals surface area contributed by atoms with E-state index in [1.54, 1.807) is 49.4 Å². The minimum atomic E-state index is -1.19. The van der Waals surface area contributed by atoms with Crippen LogP contribution in [0.2, 0.25) is 0 Å². The summed E-state index contributed by atoms with van der Waals surface area (Å²) in [6, 6.07) is 13.3. The van der Waals surface area contributed by atoms with E-state index in [0.29, 0.717) is 35.3 Å². The lowest BCUT2D eigenvalue weighted by atomic mass is 9.92. The van der Waals surface area contributed by atoms with Gasteiger partial charge in [-0.15, -0.1) is 0 Å². The van der Waals surface area contributed by atoms with Crippen LogP contribution in [0.25, 0.3) is 11.1 Å². The van der Waals surface area contributed by atoms with E-state index in [0.717, 1.165) is 0 Å². The van der Waals surface area contributed by atoms with Gasteiger partial charge in [-0.1, -0.05) is 24.3 Å². The molecule has 1 fully saturated rings. The summed E-state index contributed by atoms with van der Waals surface area (Å²) in [6.07, 6.45) is 0.649. The maximum atomic E-state index is 12.3. The predicted octanol–water partition coefficient (Wildman–Crippen LogP) is 2.07. The molecule has 4 rings (SSSR count). The molecular formula is C21H20N4O5. The molecule has 0 unspecified atom stereocenters. The quantitative estimate of drug-likeness (QED) is 0.539. The summed E-state index contributed by atoms with van der Waals surface area (Å²) in [5, 5.41) is 7.59. The van der Waals surface area contributed by atoms with Crippen molar-refractivity contribution in [2.45, 2.75) is 31.8 Å². The van der Waals surface area contributed by atoms with Crippen LogP contribution in [-0.2, 0) is 21.7 Å². The molecule has 0 bridgehead atoms. The zero-order valence-corrected chi connectivity index (χ0v) is 16.2. The molecule has 0 spiro atoms. The van der Waals surface area contributed by atoms with Crippen LogP contribution in [0.3, 0.4) is 0 Å². The third-order valence-corrected chi connectivity index (χ3v) is 5.13. The smallest absolute Gasteiger partial charge is 0.408 e. The van der Waals surface area contributed by atoms with Crippen LogP contribution in [0.4, 0.5) is 10.5 Å². The van der Waals surface area contributed by atoms with E-state index in [9.17, 15) is 19.2 Å². The number of nitrogens with one attached hydrogen (secondary N) is 3. The number of oxazole rings is 1. The van der Waals surface area contributed by atoms with Crippen molar-refractivity contribution in [2.24, 2.45) is 0 Å². The summed E-state index contributed by atoms with van der Waals surface area (Å²) >= 11 is 0. The van der Waals surface area contributed by atoms with Crippen molar-refractivity contribution in [2.75, 3.05) is 5.32 Å². The Balaban J connectivity index is 1.39. The molecule has 0 aliphatic carbocycles. The summed E-state index contributed by atoms with van der Waals surface area (Å²) in [4.78, 5) is 47.9. The number of rotatable bonds is 6. The number of carbonyl (C=O) groups excluding carboxylic acids is 3. The fraction of sp³-hybridized carbons (Fsp3) is 0.238. The van der Waals surface area contributed by atoms with E-state index in [1.807, 2.05) is 6.07 Å². The summed E-state index contributed by atoms with van der Waals surface area (Å²) in [5.74, 6) is -1.12. The van der Waals surface area contributed by atoms with E-state index in [4.69, 9.17) is 4.42 Å². The van der Waals surface area contributed by atoms with Crippen LogP contribution in [0.1, 0.15) is 25.3 Å². The number of amides is 4. The van der Waals surface area contributed by atoms with Crippen molar-refractivity contribution in [1.82, 2.24) is 15.2 Å². The molecule has 3 aromatic rings. The Labute approximate surface area is 171 Å². The highest BCUT2D eigenvalue weighted by molar-refractivity contribution is 6.07. The number of hydrogen-bond acceptors (Lipinski definition) is 5. The average Bonchev–Trinajstić information content (AvgIpc) is 3.17. The van der Waals surface area contributed by atoms with Gasteiger partial charge >= 0.3 is 11.8 Å². The number of hydrogen-bond donors (Lipinski definition) is 3. The third kappa shape index (κ3) is 3.57. The first-order valence-electron chi connectivity index (χ1n) is 9.49. The van der Waals surface area contributed by atoms with Crippen molar-refractivity contribution in [3.05, 3.63) is 64.6 Å². The van der Waals surface area contributed by atoms with Gasteiger partial charge in [-0.25, -0.2) is 9.59 Å². The summed E-state index contributed by atoms with van der Waals surface area (Å²) < 4.78 is 6.69. The normalized spacial score (nSPS) is 18.3. The molecule has 2 heterocycles. The van der Waals surface area contributed by atoms with E-state index in [2.05, 4.69) is 16.0 Å². The number of urea groups is 1. The van der Waals surface area contributed by atoms with E-state index >= 15 is 0 Å². The summed E-state index contributed by atoms with van der Waals surface area (Å²) in [5.41, 5.74) is 1.08. The van der Waals surface area contributed by atoms with Gasteiger partial charge in [0.1, 0.15) is 5.54 Å². The Bertz CT molecular complexity index is 1210. The second-order valence-electron chi connectivity index (χ2n) is 7.25. The molecule has 1 aliphatic heterocycles. The Morgan fingerprint density at radius 2 is 1.93 bits per heavy atom. The van der Waals surface area contributed by atoms with Crippen LogP contribution < -0.4 is 21.7 Å². The molecule has 9 heteroatoms. The lowest BCUT2D eigenvalue weighted by Gasteiger charge is -2.21. The molecule has 3 N–H and O–H groups in total. The standard InChI is InChI=1S/C21H20N4O5/c1-21(18(27)23-19(28)24-21)13-6-4-7-14(12-13)22-17(26)10-5-11-25-15-8-2-3-9-16(15)30-20(25)29/h2-4,6-9,12H,5,10-11H2,1H3,(H,22,26)(H2,23,24,27,28)/t21-/m1/s1. The van der Waals surface area contributed by atoms with Gasteiger partial charge < -0.3 is 15.1 Å². The van der Waals surface area contributed by atoms with Gasteiger partial charge in [0, 0.05) is 18.7 Å². The monoisotopic (exact) mass is 408 g/mol. The molecule has 1 aliphatic rings. The molecule has 154 valence electrons. The number of benzene rings is 2. The maximum Gasteiger partial charge on any atom is 0.419 e. The molecule has 1 aromatic heterocycles. The minimum absolute atomic E-state index is 0.199. The van der Waals surface area contributed by atoms with Crippen molar-refractivity contribution < 1.29 is 18.8 Å². The molecule has 2 aromatic carbocycles. The molecule has 1 saturated heterocycles. The van der Waals surface area contributed by atoms with Gasteiger partial charge in [0.15, 0.2) is 5.58 Å². The van der Waals surface area contributed by atoms with Gasteiger partial charge in [-0.2, -0.15) is 0 Å². The van der Waals surface area contributed by atoms with Gasteiger partial charge in [0.25, 0.3) is 5.91 Å². The molecular weight excluding hydrogens is 388 g/mol. The van der Waals surface area contributed by atoms with E-state index in [1.165, 1.54) is 4.57 Å². The highest BCUT2D eigenvalue weighted by Gasteiger charge is 2.43. The van der Waals surface area contributed by atoms with Crippen LogP contribution >= 0.6 is 0 Å². The highest BCUT2D eigenvalue weighted by Crippen LogP contribution is 2.26. The van der Waals surface area contributed by atoms with Crippen LogP contribution in [0.15, 0.2) is 57.7 Å². The van der Waals surface area contributed by atoms with Crippen molar-refractivity contribution >= 4 is 34.6 Å². The lowest BCUT2D eigenvalue weighted by Crippen LogP contribution is -2.40. The summed E-state index contributed by atoms with van der Waals surface area (Å²) in [7, 11) is 0. The largest absolute Gasteiger partial charge is 0.419 e. The van der Waals surface area contributed by atoms with Gasteiger partial charge in [0.2, 0.25) is 5.91 Å². The van der Waals surface area contributed by atoms with Crippen LogP contribution in [0, 0.1) is 0 Å². The number of aryl methyl sites for hydroxylation is 1. The van der Waals surface area contributed by atoms with Crippen molar-refractivity contribution in [3.8, 4) is 0 Å². The fourth-order valence-electron chi connectivity index (χ4n) is 3.50. The highest BCUT2D eigenvalue weighted by atomic mass is 16.4. The van der Waals surface area contributed by atoms with Crippen LogP contribution in [0.5, 0.6) is 0 Å². The number of imide groups is 1. The first kappa shape index (κ1) is 19.4. The fourth-order valence-corrected chi connectivity index (χ4v) is 3.50. The van der Waals surface area contributed by atoms with E-state index < -0.39 is 23.2 Å². The second kappa shape index (κ2) is 7.51. The molecule has 0 saturated carbocycles. The summed E-state index contributed by atoms with van der Waals surface area (Å²) in [6.45, 7) is 1.95. The van der Waals surface area contributed by atoms with Crippen molar-refractivity contribution in [3.63, 3.8) is 0 Å². The van der Waals surface area contributed by atoms with Crippen LogP contribution in [-0.4, -0.2) is 22.4 Å². The second-order valence-corrected chi connectivity index (χ2v) is 7.25. The van der Waals surface area contributed by atoms with E-state index in [-0.39, 0.29) is 12.3 Å². The average molecular weight is 408 g/mol. The minimum Gasteiger partial charge on any atom is -0.408 e. The number of aromatic nitrogens is 1. The number of carbonyl (C=O) groups is 3. The number of nitrogens with zero attached hydrogens (tertiary/aromatic N) is 1. The number of fused-ring (bicyclic) bond motifs is 1. The number of para-hydroxylation sites is 2. The molecule has 4 amide bonds. The zero-order valence-electron chi connectivity index (χ0n) is 16.2. The van der Waals surface area contributed by atoms with Crippen molar-refractivity contribution in [1.29, 1.82) is 0 Å². The SMILES string of the molecule is C[C@]1(c2cccc(NC(=O)CCCn3c(=O)oc4ccccc43)c2)NC(=O)NC1=O. The van der Waals surface area contributed by atoms with Gasteiger partial charge in [-0.05, 0) is 43.2 Å². The topological polar surface area (TPSA) is 122 Å². The zero-order chi connectivity index (χ0) is 21.3. The number of anilines is 1. The van der Waals surface area contributed by atoms with Gasteiger partial charge in [0.05, 0.1) is 5.52 Å². The molecule has 1 atom stereocenters. The first-order valence-corrected chi connectivity index (χ1v) is 9.49. The Hall–Kier alpha value is -3.88. The lowest BCUT2D eigenvalue weighted by molar-refractivity contribution is -0.123.